The van der Waals surface area contributed by atoms with Gasteiger partial charge in [0.2, 0.25) is 0 Å². The highest BCUT2D eigenvalue weighted by molar-refractivity contribution is 5.05. The molecule has 15 heavy (non-hydrogen) atoms. The third kappa shape index (κ3) is 3.32. The van der Waals surface area contributed by atoms with E-state index in [4.69, 9.17) is 0 Å². The Bertz CT molecular complexity index is 233. The summed E-state index contributed by atoms with van der Waals surface area (Å²) in [5.41, 5.74) is 0.692. The highest BCUT2D eigenvalue weighted by atomic mass is 16.3. The Labute approximate surface area is 93.8 Å². The molecule has 0 bridgehead atoms. The lowest BCUT2D eigenvalue weighted by atomic mass is 9.74. The van der Waals surface area contributed by atoms with Crippen LogP contribution in [0.5, 0.6) is 0 Å². The summed E-state index contributed by atoms with van der Waals surface area (Å²) < 4.78 is 0. The summed E-state index contributed by atoms with van der Waals surface area (Å²) in [4.78, 5) is 0. The Morgan fingerprint density at radius 3 is 2.60 bits per heavy atom. The number of allylic oxidation sites excluding steroid dienone is 1. The topological polar surface area (TPSA) is 32.3 Å². The summed E-state index contributed by atoms with van der Waals surface area (Å²) in [6.45, 7) is 12.3. The number of hydrogen-bond donors (Lipinski definition) is 2. The fraction of sp³-hybridized carbons (Fsp3) is 0.846. The molecule has 1 fully saturated rings. The molecule has 0 unspecified atom stereocenters. The molecule has 0 radical (unpaired) electrons. The van der Waals surface area contributed by atoms with E-state index in [0.29, 0.717) is 12.0 Å². The largest absolute Gasteiger partial charge is 0.389 e. The average molecular weight is 211 g/mol. The average Bonchev–Trinajstić information content (AvgIpc) is 2.07. The van der Waals surface area contributed by atoms with Crippen molar-refractivity contribution in [2.24, 2.45) is 5.92 Å². The van der Waals surface area contributed by atoms with Gasteiger partial charge >= 0.3 is 0 Å². The van der Waals surface area contributed by atoms with Crippen LogP contribution in [0.15, 0.2) is 12.2 Å². The highest BCUT2D eigenvalue weighted by Gasteiger charge is 2.38. The fourth-order valence-electron chi connectivity index (χ4n) is 2.39. The molecule has 2 N–H and O–H groups in total. The van der Waals surface area contributed by atoms with Gasteiger partial charge in [-0.25, -0.2) is 0 Å². The molecule has 1 aliphatic carbocycles. The molecule has 0 aromatic heterocycles. The van der Waals surface area contributed by atoms with Gasteiger partial charge in [-0.3, -0.25) is 0 Å². The van der Waals surface area contributed by atoms with E-state index in [-0.39, 0.29) is 6.04 Å². The molecular formula is C13H25NO. The molecule has 0 aromatic carbocycles. The first-order chi connectivity index (χ1) is 6.83. The molecular weight excluding hydrogens is 186 g/mol. The monoisotopic (exact) mass is 211 g/mol. The predicted molar refractivity (Wildman–Crippen MR) is 64.8 cm³/mol. The van der Waals surface area contributed by atoms with E-state index in [1.165, 1.54) is 5.57 Å². The Morgan fingerprint density at radius 2 is 2.13 bits per heavy atom. The van der Waals surface area contributed by atoms with Crippen molar-refractivity contribution in [2.45, 2.75) is 64.6 Å². The molecule has 1 saturated carbocycles. The minimum absolute atomic E-state index is 0.202. The SMILES string of the molecule is C=C(C)[C@H]1CC[C@@](C)(O)[C@H](NC(C)C)C1. The Hall–Kier alpha value is -0.340. The number of aliphatic hydroxyl groups is 1. The quantitative estimate of drug-likeness (QED) is 0.703. The van der Waals surface area contributed by atoms with Gasteiger partial charge in [0.15, 0.2) is 0 Å². The lowest BCUT2D eigenvalue weighted by molar-refractivity contribution is -0.0225. The molecule has 1 rings (SSSR count). The van der Waals surface area contributed by atoms with Gasteiger partial charge in [0.05, 0.1) is 5.60 Å². The third-order valence-corrected chi connectivity index (χ3v) is 3.50. The molecule has 0 aliphatic heterocycles. The van der Waals surface area contributed by atoms with Gasteiger partial charge in [-0.05, 0) is 39.0 Å². The van der Waals surface area contributed by atoms with Crippen molar-refractivity contribution in [2.75, 3.05) is 0 Å². The Balaban J connectivity index is 2.66. The zero-order chi connectivity index (χ0) is 11.6. The maximum atomic E-state index is 10.3. The number of hydrogen-bond acceptors (Lipinski definition) is 2. The van der Waals surface area contributed by atoms with Crippen LogP contribution in [-0.2, 0) is 0 Å². The summed E-state index contributed by atoms with van der Waals surface area (Å²) in [5.74, 6) is 0.571. The smallest absolute Gasteiger partial charge is 0.0772 e. The van der Waals surface area contributed by atoms with E-state index < -0.39 is 5.60 Å². The summed E-state index contributed by atoms with van der Waals surface area (Å²) in [6.07, 6.45) is 2.95. The molecule has 0 spiro atoms. The van der Waals surface area contributed by atoms with Gasteiger partial charge in [-0.2, -0.15) is 0 Å². The maximum Gasteiger partial charge on any atom is 0.0772 e. The molecule has 2 heteroatoms. The van der Waals surface area contributed by atoms with Crippen LogP contribution in [0.3, 0.4) is 0 Å². The second kappa shape index (κ2) is 4.67. The number of rotatable bonds is 3. The van der Waals surface area contributed by atoms with Gasteiger partial charge in [-0.15, -0.1) is 0 Å². The minimum Gasteiger partial charge on any atom is -0.389 e. The summed E-state index contributed by atoms with van der Waals surface area (Å²) in [5, 5.41) is 13.8. The maximum absolute atomic E-state index is 10.3. The van der Waals surface area contributed by atoms with Crippen LogP contribution in [0.25, 0.3) is 0 Å². The van der Waals surface area contributed by atoms with Gasteiger partial charge in [-0.1, -0.05) is 26.0 Å². The van der Waals surface area contributed by atoms with Crippen LogP contribution in [0.2, 0.25) is 0 Å². The van der Waals surface area contributed by atoms with E-state index in [0.717, 1.165) is 19.3 Å². The second-order valence-electron chi connectivity index (χ2n) is 5.55. The molecule has 0 aromatic rings. The van der Waals surface area contributed by atoms with Crippen LogP contribution in [-0.4, -0.2) is 22.8 Å². The summed E-state index contributed by atoms with van der Waals surface area (Å²) in [7, 11) is 0. The molecule has 1 aliphatic rings. The summed E-state index contributed by atoms with van der Waals surface area (Å²) >= 11 is 0. The van der Waals surface area contributed by atoms with Crippen molar-refractivity contribution < 1.29 is 5.11 Å². The van der Waals surface area contributed by atoms with Crippen molar-refractivity contribution in [3.8, 4) is 0 Å². The molecule has 2 nitrogen and oxygen atoms in total. The van der Waals surface area contributed by atoms with E-state index in [1.807, 2.05) is 6.92 Å². The Morgan fingerprint density at radius 1 is 1.53 bits per heavy atom. The predicted octanol–water partition coefficient (Wildman–Crippen LogP) is 2.48. The zero-order valence-electron chi connectivity index (χ0n) is 10.5. The molecule has 3 atom stereocenters. The van der Waals surface area contributed by atoms with Gasteiger partial charge < -0.3 is 10.4 Å². The molecule has 88 valence electrons. The van der Waals surface area contributed by atoms with Crippen LogP contribution >= 0.6 is 0 Å². The van der Waals surface area contributed by atoms with Crippen molar-refractivity contribution in [1.82, 2.24) is 5.32 Å². The van der Waals surface area contributed by atoms with E-state index in [1.54, 1.807) is 0 Å². The first-order valence-electron chi connectivity index (χ1n) is 5.96. The summed E-state index contributed by atoms with van der Waals surface area (Å²) in [6, 6.07) is 0.623. The van der Waals surface area contributed by atoms with Gasteiger partial charge in [0.25, 0.3) is 0 Å². The highest BCUT2D eigenvalue weighted by Crippen LogP contribution is 2.35. The van der Waals surface area contributed by atoms with Crippen LogP contribution in [0.1, 0.15) is 47.0 Å². The third-order valence-electron chi connectivity index (χ3n) is 3.50. The van der Waals surface area contributed by atoms with E-state index in [2.05, 4.69) is 32.7 Å². The molecule has 0 saturated heterocycles. The molecule has 0 amide bonds. The van der Waals surface area contributed by atoms with Gasteiger partial charge in [0, 0.05) is 12.1 Å². The number of nitrogens with one attached hydrogen (secondary N) is 1. The van der Waals surface area contributed by atoms with Crippen LogP contribution in [0.4, 0.5) is 0 Å². The lowest BCUT2D eigenvalue weighted by Crippen LogP contribution is -2.54. The van der Waals surface area contributed by atoms with Crippen molar-refractivity contribution >= 4 is 0 Å². The van der Waals surface area contributed by atoms with Crippen LogP contribution in [0, 0.1) is 5.92 Å². The standard InChI is InChI=1S/C13H25NO/c1-9(2)11-6-7-13(5,15)12(8-11)14-10(3)4/h10-12,14-15H,1,6-8H2,2-5H3/t11-,12+,13+/m0/s1. The van der Waals surface area contributed by atoms with Crippen molar-refractivity contribution in [3.63, 3.8) is 0 Å². The zero-order valence-corrected chi connectivity index (χ0v) is 10.5. The van der Waals surface area contributed by atoms with Crippen molar-refractivity contribution in [1.29, 1.82) is 0 Å². The minimum atomic E-state index is -0.559. The lowest BCUT2D eigenvalue weighted by Gasteiger charge is -2.42. The Kier molecular flexibility index (Phi) is 3.96. The first kappa shape index (κ1) is 12.7. The normalized spacial score (nSPS) is 36.9. The van der Waals surface area contributed by atoms with E-state index in [9.17, 15) is 5.11 Å². The van der Waals surface area contributed by atoms with Crippen LogP contribution < -0.4 is 5.32 Å². The fourth-order valence-corrected chi connectivity index (χ4v) is 2.39. The molecule has 0 heterocycles. The second-order valence-corrected chi connectivity index (χ2v) is 5.55. The van der Waals surface area contributed by atoms with E-state index >= 15 is 0 Å². The van der Waals surface area contributed by atoms with Crippen molar-refractivity contribution in [3.05, 3.63) is 12.2 Å². The van der Waals surface area contributed by atoms with Gasteiger partial charge in [0.1, 0.15) is 0 Å². The first-order valence-corrected chi connectivity index (χ1v) is 5.96.